The highest BCUT2D eigenvalue weighted by molar-refractivity contribution is 6.23. The molecule has 456 valence electrons. The molecule has 15 aromatic carbocycles. The largest absolute Gasteiger partial charge is 0.310 e. The summed E-state index contributed by atoms with van der Waals surface area (Å²) in [5.41, 5.74) is 28.2. The number of rotatable bonds is 8. The molecule has 0 amide bonds. The van der Waals surface area contributed by atoms with Gasteiger partial charge in [0, 0.05) is 50.4 Å². The molecule has 0 radical (unpaired) electrons. The molecule has 3 aliphatic rings. The van der Waals surface area contributed by atoms with E-state index >= 15 is 0 Å². The van der Waals surface area contributed by atoms with Gasteiger partial charge in [0.1, 0.15) is 0 Å². The summed E-state index contributed by atoms with van der Waals surface area (Å²) >= 11 is 0. The summed E-state index contributed by atoms with van der Waals surface area (Å²) in [6.45, 7) is 21.4. The van der Waals surface area contributed by atoms with Gasteiger partial charge in [0.05, 0.1) is 0 Å². The Balaban J connectivity index is 0.930. The van der Waals surface area contributed by atoms with Crippen LogP contribution in [0.4, 0.5) is 34.1 Å². The Morgan fingerprint density at radius 2 is 0.621 bits per heavy atom. The molecule has 0 fully saturated rings. The Morgan fingerprint density at radius 1 is 0.242 bits per heavy atom. The summed E-state index contributed by atoms with van der Waals surface area (Å²) in [6.07, 6.45) is 0. The van der Waals surface area contributed by atoms with E-state index in [9.17, 15) is 0 Å². The summed E-state index contributed by atoms with van der Waals surface area (Å²) in [5, 5.41) is 12.6. The monoisotopic (exact) mass is 1220 g/mol. The number of benzene rings is 15. The van der Waals surface area contributed by atoms with E-state index in [1.807, 2.05) is 0 Å². The minimum absolute atomic E-state index is 0.00595. The maximum Gasteiger partial charge on any atom is 0.0468 e. The molecule has 0 unspecified atom stereocenters. The molecule has 3 aliphatic carbocycles. The van der Waals surface area contributed by atoms with Crippen LogP contribution in [0.5, 0.6) is 0 Å². The molecule has 0 aromatic heterocycles. The van der Waals surface area contributed by atoms with Gasteiger partial charge >= 0.3 is 0 Å². The zero-order valence-electron chi connectivity index (χ0n) is 55.5. The lowest BCUT2D eigenvalue weighted by Crippen LogP contribution is -2.17. The molecular weight excluding hydrogens is 1150 g/mol. The van der Waals surface area contributed by atoms with Crippen molar-refractivity contribution in [2.24, 2.45) is 0 Å². The fourth-order valence-electron chi connectivity index (χ4n) is 17.3. The van der Waals surface area contributed by atoms with Gasteiger partial charge in [0.15, 0.2) is 0 Å². The summed E-state index contributed by atoms with van der Waals surface area (Å²) in [7, 11) is 0. The van der Waals surface area contributed by atoms with Crippen LogP contribution in [0.2, 0.25) is 0 Å². The Hall–Kier alpha value is -10.8. The molecule has 0 spiro atoms. The van der Waals surface area contributed by atoms with E-state index in [0.717, 1.165) is 34.1 Å². The lowest BCUT2D eigenvalue weighted by molar-refractivity contribution is 0.590. The van der Waals surface area contributed by atoms with Gasteiger partial charge in [-0.2, -0.15) is 0 Å². The van der Waals surface area contributed by atoms with E-state index in [1.165, 1.54) is 148 Å². The highest BCUT2D eigenvalue weighted by Crippen LogP contribution is 2.58. The van der Waals surface area contributed by atoms with Crippen LogP contribution >= 0.6 is 0 Å². The Bertz CT molecular complexity index is 5720. The van der Waals surface area contributed by atoms with Gasteiger partial charge in [-0.15, -0.1) is 0 Å². The summed E-state index contributed by atoms with van der Waals surface area (Å²) in [6, 6.07) is 109. The second-order valence-corrected chi connectivity index (χ2v) is 29.6. The molecule has 0 saturated heterocycles. The fourth-order valence-corrected chi connectivity index (χ4v) is 17.3. The Morgan fingerprint density at radius 3 is 1.13 bits per heavy atom. The molecule has 0 N–H and O–H groups in total. The van der Waals surface area contributed by atoms with Crippen molar-refractivity contribution >= 4 is 88.0 Å². The zero-order valence-corrected chi connectivity index (χ0v) is 55.5. The first-order chi connectivity index (χ1) is 46.0. The minimum Gasteiger partial charge on any atom is -0.310 e. The third-order valence-electron chi connectivity index (χ3n) is 22.1. The van der Waals surface area contributed by atoms with Gasteiger partial charge in [0.2, 0.25) is 0 Å². The summed E-state index contributed by atoms with van der Waals surface area (Å²) in [5.74, 6) is 0. The van der Waals surface area contributed by atoms with Crippen molar-refractivity contribution in [3.63, 3.8) is 0 Å². The molecule has 95 heavy (non-hydrogen) atoms. The Labute approximate surface area is 558 Å². The Kier molecular flexibility index (Phi) is 12.3. The SMILES string of the molecule is CC(C)(C)c1ccc(N(c2ccccc2)c2ccc3c(-c4ccc5c(c4)C(C)(C)c4ccc6ccccc6c4-5)c4cc(N(c5ccccc5)c5ccc6c(c5)C(C)(C)c5c-6ccc6ccccc56)ccc4c(-c4ccc5c(c4)C(C)(C)c4ccc6ccccc6c4-5)c3c2)cc1. The topological polar surface area (TPSA) is 6.48 Å². The molecule has 0 atom stereocenters. The summed E-state index contributed by atoms with van der Waals surface area (Å²) in [4.78, 5) is 4.95. The van der Waals surface area contributed by atoms with Gasteiger partial charge in [-0.3, -0.25) is 0 Å². The molecule has 2 heteroatoms. The predicted molar refractivity (Wildman–Crippen MR) is 406 cm³/mol. The van der Waals surface area contributed by atoms with E-state index in [2.05, 4.69) is 357 Å². The van der Waals surface area contributed by atoms with Crippen molar-refractivity contribution in [3.05, 3.63) is 324 Å². The van der Waals surface area contributed by atoms with Gasteiger partial charge < -0.3 is 9.80 Å². The lowest BCUT2D eigenvalue weighted by atomic mass is 9.79. The van der Waals surface area contributed by atoms with E-state index < -0.39 is 0 Å². The lowest BCUT2D eigenvalue weighted by Gasteiger charge is -2.30. The molecule has 15 aromatic rings. The number of hydrogen-bond donors (Lipinski definition) is 0. The summed E-state index contributed by atoms with van der Waals surface area (Å²) < 4.78 is 0. The van der Waals surface area contributed by atoms with Crippen LogP contribution in [-0.2, 0) is 21.7 Å². The van der Waals surface area contributed by atoms with E-state index in [1.54, 1.807) is 0 Å². The molecule has 0 saturated carbocycles. The van der Waals surface area contributed by atoms with E-state index in [0.29, 0.717) is 0 Å². The number of para-hydroxylation sites is 2. The zero-order chi connectivity index (χ0) is 64.4. The second kappa shape index (κ2) is 20.6. The maximum absolute atomic E-state index is 2.56. The first-order valence-corrected chi connectivity index (χ1v) is 33.9. The third-order valence-corrected chi connectivity index (χ3v) is 22.1. The van der Waals surface area contributed by atoms with Gasteiger partial charge in [0.25, 0.3) is 0 Å². The number of hydrogen-bond acceptors (Lipinski definition) is 2. The molecule has 2 nitrogen and oxygen atoms in total. The minimum atomic E-state index is -0.259. The van der Waals surface area contributed by atoms with Crippen LogP contribution in [0, 0.1) is 0 Å². The molecule has 0 heterocycles. The highest BCUT2D eigenvalue weighted by atomic mass is 15.1. The first-order valence-electron chi connectivity index (χ1n) is 33.9. The molecular formula is C93H74N2. The van der Waals surface area contributed by atoms with Crippen LogP contribution in [0.25, 0.3) is 109 Å². The van der Waals surface area contributed by atoms with Gasteiger partial charge in [-0.1, -0.05) is 263 Å². The smallest absolute Gasteiger partial charge is 0.0468 e. The molecule has 18 rings (SSSR count). The molecule has 0 aliphatic heterocycles. The van der Waals surface area contributed by atoms with Crippen LogP contribution in [-0.4, -0.2) is 0 Å². The standard InChI is InChI=1S/C93H74N2/c1-90(2,3)62-37-39-65(40-38-62)94(63-25-12-10-13-26-63)66-42-48-73-78(54-66)85(60-33-45-76-82(52-60)91(4,5)80-50-35-57-22-16-19-29-69(57)87(76)80)74-49-43-67(55-79(74)86(73)61-34-46-77-83(53-61)92(6,7)81-51-36-58-23-17-20-30-70(58)88(77)81)95(64-27-14-11-15-28-64)68-41-47-72-75-44-32-59-24-18-21-31-71(59)89(75)93(8,9)84(72)56-68/h10-56H,1-9H3. The van der Waals surface area contributed by atoms with Crippen molar-refractivity contribution in [2.75, 3.05) is 9.80 Å². The van der Waals surface area contributed by atoms with E-state index in [4.69, 9.17) is 0 Å². The van der Waals surface area contributed by atoms with Gasteiger partial charge in [-0.25, -0.2) is 0 Å². The van der Waals surface area contributed by atoms with Gasteiger partial charge in [-0.05, 0) is 239 Å². The van der Waals surface area contributed by atoms with Crippen molar-refractivity contribution in [3.8, 4) is 55.6 Å². The van der Waals surface area contributed by atoms with Crippen molar-refractivity contribution in [1.82, 2.24) is 0 Å². The first kappa shape index (κ1) is 56.9. The van der Waals surface area contributed by atoms with Crippen molar-refractivity contribution in [2.45, 2.75) is 84.0 Å². The highest BCUT2D eigenvalue weighted by Gasteiger charge is 2.41. The van der Waals surface area contributed by atoms with Crippen molar-refractivity contribution < 1.29 is 0 Å². The van der Waals surface area contributed by atoms with Crippen LogP contribution in [0.1, 0.15) is 101 Å². The predicted octanol–water partition coefficient (Wildman–Crippen LogP) is 25.9. The average Bonchev–Trinajstić information content (AvgIpc) is 1.66. The van der Waals surface area contributed by atoms with Crippen LogP contribution in [0.3, 0.4) is 0 Å². The van der Waals surface area contributed by atoms with Crippen LogP contribution in [0.15, 0.2) is 285 Å². The number of fused-ring (bicyclic) bond motifs is 17. The second-order valence-electron chi connectivity index (χ2n) is 29.6. The fraction of sp³-hybridized carbons (Fsp3) is 0.140. The quantitative estimate of drug-likeness (QED) is 0.140. The average molecular weight is 1220 g/mol. The molecule has 0 bridgehead atoms. The third kappa shape index (κ3) is 8.49. The van der Waals surface area contributed by atoms with Crippen molar-refractivity contribution in [1.29, 1.82) is 0 Å². The van der Waals surface area contributed by atoms with Crippen LogP contribution < -0.4 is 9.80 Å². The number of anilines is 6. The number of nitrogens with zero attached hydrogens (tertiary/aromatic N) is 2. The normalized spacial score (nSPS) is 14.4. The van der Waals surface area contributed by atoms with E-state index in [-0.39, 0.29) is 21.7 Å². The maximum atomic E-state index is 2.56.